The minimum atomic E-state index is -4.42. The highest BCUT2D eigenvalue weighted by Gasteiger charge is 2.33. The van der Waals surface area contributed by atoms with Crippen LogP contribution in [0, 0.1) is 5.92 Å². The summed E-state index contributed by atoms with van der Waals surface area (Å²) < 4.78 is 37.8. The van der Waals surface area contributed by atoms with Crippen molar-refractivity contribution in [3.63, 3.8) is 0 Å². The molecule has 6 heteroatoms. The zero-order chi connectivity index (χ0) is 14.0. The van der Waals surface area contributed by atoms with Gasteiger partial charge in [0.25, 0.3) is 0 Å². The number of piperidine rings is 1. The summed E-state index contributed by atoms with van der Waals surface area (Å²) in [6.45, 7) is 1.79. The summed E-state index contributed by atoms with van der Waals surface area (Å²) in [5.74, 6) is 0.286. The van der Waals surface area contributed by atoms with Crippen molar-refractivity contribution in [2.75, 3.05) is 13.1 Å². The zero-order valence-corrected chi connectivity index (χ0v) is 11.1. The van der Waals surface area contributed by atoms with Crippen molar-refractivity contribution >= 4 is 11.6 Å². The van der Waals surface area contributed by atoms with Crippen LogP contribution in [0.1, 0.15) is 30.0 Å². The normalized spacial score (nSPS) is 19.4. The molecule has 1 aromatic carbocycles. The number of benzene rings is 1. The molecule has 0 aliphatic carbocycles. The maximum atomic E-state index is 12.6. The number of alkyl halides is 3. The van der Waals surface area contributed by atoms with Gasteiger partial charge in [-0.25, -0.2) is 0 Å². The van der Waals surface area contributed by atoms with Crippen molar-refractivity contribution in [2.45, 2.75) is 25.1 Å². The summed E-state index contributed by atoms with van der Waals surface area (Å²) in [6.07, 6.45) is -2.56. The van der Waals surface area contributed by atoms with Crippen LogP contribution in [0.4, 0.5) is 13.2 Å². The van der Waals surface area contributed by atoms with Gasteiger partial charge in [0.15, 0.2) is 0 Å². The molecule has 1 aromatic rings. The van der Waals surface area contributed by atoms with Gasteiger partial charge in [-0.15, -0.1) is 0 Å². The second kappa shape index (κ2) is 5.69. The van der Waals surface area contributed by atoms with Gasteiger partial charge in [0, 0.05) is 6.04 Å². The third-order valence-electron chi connectivity index (χ3n) is 3.58. The lowest BCUT2D eigenvalue weighted by Gasteiger charge is -2.28. The van der Waals surface area contributed by atoms with Crippen LogP contribution in [-0.2, 0) is 6.18 Å². The number of rotatable bonds is 2. The standard InChI is InChI=1S/C13H16ClF3N2/c14-11-7-9(1-2-10(11)13(15,16)17)12(18)8-3-5-19-6-4-8/h1-2,7-8,12,19H,3-6,18H2/t12-/m1/s1. The van der Waals surface area contributed by atoms with Crippen molar-refractivity contribution in [2.24, 2.45) is 11.7 Å². The predicted octanol–water partition coefficient (Wildman–Crippen LogP) is 3.36. The Morgan fingerprint density at radius 2 is 1.89 bits per heavy atom. The molecular weight excluding hydrogens is 277 g/mol. The van der Waals surface area contributed by atoms with E-state index in [1.165, 1.54) is 12.1 Å². The van der Waals surface area contributed by atoms with Gasteiger partial charge in [-0.2, -0.15) is 13.2 Å². The van der Waals surface area contributed by atoms with Crippen molar-refractivity contribution in [3.05, 3.63) is 34.3 Å². The first kappa shape index (κ1) is 14.6. The average molecular weight is 293 g/mol. The molecule has 1 aliphatic heterocycles. The molecule has 0 radical (unpaired) electrons. The summed E-state index contributed by atoms with van der Waals surface area (Å²) >= 11 is 5.71. The minimum Gasteiger partial charge on any atom is -0.324 e. The van der Waals surface area contributed by atoms with Crippen molar-refractivity contribution in [1.29, 1.82) is 0 Å². The average Bonchev–Trinajstić information content (AvgIpc) is 2.37. The van der Waals surface area contributed by atoms with Crippen LogP contribution in [0.15, 0.2) is 18.2 Å². The SMILES string of the molecule is N[C@@H](c1ccc(C(F)(F)F)c(Cl)c1)C1CCNCC1. The Bertz CT molecular complexity index is 442. The van der Waals surface area contributed by atoms with E-state index in [1.54, 1.807) is 0 Å². The van der Waals surface area contributed by atoms with Gasteiger partial charge in [-0.1, -0.05) is 17.7 Å². The van der Waals surface area contributed by atoms with Gasteiger partial charge >= 0.3 is 6.18 Å². The first-order valence-electron chi connectivity index (χ1n) is 6.22. The number of nitrogens with two attached hydrogens (primary N) is 1. The van der Waals surface area contributed by atoms with Crippen LogP contribution >= 0.6 is 11.6 Å². The van der Waals surface area contributed by atoms with Crippen molar-refractivity contribution in [3.8, 4) is 0 Å². The van der Waals surface area contributed by atoms with Gasteiger partial charge in [-0.05, 0) is 49.5 Å². The fraction of sp³-hybridized carbons (Fsp3) is 0.538. The van der Waals surface area contributed by atoms with E-state index in [1.807, 2.05) is 0 Å². The van der Waals surface area contributed by atoms with Gasteiger partial charge in [0.1, 0.15) is 0 Å². The molecule has 1 saturated heterocycles. The zero-order valence-electron chi connectivity index (χ0n) is 10.3. The van der Waals surface area contributed by atoms with E-state index in [0.717, 1.165) is 32.0 Å². The molecule has 0 aromatic heterocycles. The number of hydrogen-bond donors (Lipinski definition) is 2. The maximum absolute atomic E-state index is 12.6. The Kier molecular flexibility index (Phi) is 4.38. The molecule has 19 heavy (non-hydrogen) atoms. The largest absolute Gasteiger partial charge is 0.417 e. The van der Waals surface area contributed by atoms with Crippen LogP contribution in [0.3, 0.4) is 0 Å². The van der Waals surface area contributed by atoms with E-state index in [-0.39, 0.29) is 17.0 Å². The van der Waals surface area contributed by atoms with Crippen LogP contribution in [-0.4, -0.2) is 13.1 Å². The Labute approximate surface area is 115 Å². The summed E-state index contributed by atoms with van der Waals surface area (Å²) in [5.41, 5.74) is 5.99. The van der Waals surface area contributed by atoms with Gasteiger partial charge < -0.3 is 11.1 Å². The molecule has 0 bridgehead atoms. The first-order chi connectivity index (χ1) is 8.89. The highest BCUT2D eigenvalue weighted by Crippen LogP contribution is 2.37. The van der Waals surface area contributed by atoms with E-state index in [4.69, 9.17) is 17.3 Å². The molecule has 1 heterocycles. The molecule has 106 valence electrons. The van der Waals surface area contributed by atoms with E-state index in [0.29, 0.717) is 5.56 Å². The third kappa shape index (κ3) is 3.41. The molecule has 0 saturated carbocycles. The summed E-state index contributed by atoms with van der Waals surface area (Å²) in [4.78, 5) is 0. The minimum absolute atomic E-state index is 0.262. The molecule has 0 spiro atoms. The second-order valence-electron chi connectivity index (χ2n) is 4.85. The Balaban J connectivity index is 2.19. The lowest BCUT2D eigenvalue weighted by molar-refractivity contribution is -0.137. The van der Waals surface area contributed by atoms with Crippen molar-refractivity contribution in [1.82, 2.24) is 5.32 Å². The molecule has 1 atom stereocenters. The molecule has 0 unspecified atom stereocenters. The quantitative estimate of drug-likeness (QED) is 0.877. The molecular formula is C13H16ClF3N2. The lowest BCUT2D eigenvalue weighted by atomic mass is 9.86. The van der Waals surface area contributed by atoms with E-state index in [2.05, 4.69) is 5.32 Å². The predicted molar refractivity (Wildman–Crippen MR) is 69.0 cm³/mol. The van der Waals surface area contributed by atoms with Crippen LogP contribution in [0.25, 0.3) is 0 Å². The molecule has 1 fully saturated rings. The smallest absolute Gasteiger partial charge is 0.324 e. The number of halogens is 4. The monoisotopic (exact) mass is 292 g/mol. The van der Waals surface area contributed by atoms with E-state index >= 15 is 0 Å². The van der Waals surface area contributed by atoms with Gasteiger partial charge in [-0.3, -0.25) is 0 Å². The lowest BCUT2D eigenvalue weighted by Crippen LogP contribution is -2.33. The van der Waals surface area contributed by atoms with E-state index < -0.39 is 11.7 Å². The summed E-state index contributed by atoms with van der Waals surface area (Å²) in [5, 5.41) is 2.95. The Morgan fingerprint density at radius 1 is 1.26 bits per heavy atom. The Hall–Kier alpha value is -0.780. The fourth-order valence-corrected chi connectivity index (χ4v) is 2.74. The fourth-order valence-electron chi connectivity index (χ4n) is 2.44. The van der Waals surface area contributed by atoms with Crippen LogP contribution < -0.4 is 11.1 Å². The Morgan fingerprint density at radius 3 is 2.42 bits per heavy atom. The molecule has 3 N–H and O–H groups in total. The molecule has 1 aliphatic rings. The summed E-state index contributed by atoms with van der Waals surface area (Å²) in [7, 11) is 0. The van der Waals surface area contributed by atoms with Gasteiger partial charge in [0.2, 0.25) is 0 Å². The second-order valence-corrected chi connectivity index (χ2v) is 5.26. The molecule has 2 rings (SSSR count). The summed E-state index contributed by atoms with van der Waals surface area (Å²) in [6, 6.07) is 3.53. The number of hydrogen-bond acceptors (Lipinski definition) is 2. The maximum Gasteiger partial charge on any atom is 0.417 e. The third-order valence-corrected chi connectivity index (χ3v) is 3.89. The van der Waals surface area contributed by atoms with Crippen molar-refractivity contribution < 1.29 is 13.2 Å². The molecule has 2 nitrogen and oxygen atoms in total. The van der Waals surface area contributed by atoms with Gasteiger partial charge in [0.05, 0.1) is 10.6 Å². The topological polar surface area (TPSA) is 38.0 Å². The van der Waals surface area contributed by atoms with Crippen LogP contribution in [0.5, 0.6) is 0 Å². The van der Waals surface area contributed by atoms with Crippen LogP contribution in [0.2, 0.25) is 5.02 Å². The molecule has 0 amide bonds. The van der Waals surface area contributed by atoms with E-state index in [9.17, 15) is 13.2 Å². The highest BCUT2D eigenvalue weighted by atomic mass is 35.5. The number of nitrogens with one attached hydrogen (secondary N) is 1. The highest BCUT2D eigenvalue weighted by molar-refractivity contribution is 6.31. The first-order valence-corrected chi connectivity index (χ1v) is 6.60.